The zero-order chi connectivity index (χ0) is 21.3. The van der Waals surface area contributed by atoms with Gasteiger partial charge in [0.2, 0.25) is 10.0 Å². The molecule has 0 N–H and O–H groups in total. The maximum atomic E-state index is 13.3. The van der Waals surface area contributed by atoms with Crippen molar-refractivity contribution in [2.45, 2.75) is 56.0 Å². The van der Waals surface area contributed by atoms with Gasteiger partial charge in [-0.2, -0.15) is 4.31 Å². The second kappa shape index (κ2) is 8.47. The second-order valence-corrected chi connectivity index (χ2v) is 10.1. The van der Waals surface area contributed by atoms with Crippen molar-refractivity contribution in [1.29, 1.82) is 0 Å². The number of nitrogens with zero attached hydrogens (tertiary/aromatic N) is 2. The Labute approximate surface area is 177 Å². The van der Waals surface area contributed by atoms with Crippen molar-refractivity contribution >= 4 is 15.9 Å². The van der Waals surface area contributed by atoms with E-state index in [1.165, 1.54) is 24.3 Å². The van der Waals surface area contributed by atoms with E-state index in [2.05, 4.69) is 0 Å². The summed E-state index contributed by atoms with van der Waals surface area (Å²) in [6, 6.07) is 12.5. The molecular formula is C23H27FN2O3S. The molecule has 2 fully saturated rings. The van der Waals surface area contributed by atoms with Gasteiger partial charge in [0, 0.05) is 24.7 Å². The predicted molar refractivity (Wildman–Crippen MR) is 113 cm³/mol. The Kier molecular flexibility index (Phi) is 5.93. The third-order valence-corrected chi connectivity index (χ3v) is 8.25. The molecule has 0 aromatic heterocycles. The molecule has 0 radical (unpaired) electrons. The largest absolute Gasteiger partial charge is 0.332 e. The molecule has 7 heteroatoms. The van der Waals surface area contributed by atoms with E-state index in [-0.39, 0.29) is 28.7 Å². The van der Waals surface area contributed by atoms with Gasteiger partial charge in [0.05, 0.1) is 10.9 Å². The summed E-state index contributed by atoms with van der Waals surface area (Å²) in [4.78, 5) is 15.1. The summed E-state index contributed by atoms with van der Waals surface area (Å²) in [6.45, 7) is 3.11. The quantitative estimate of drug-likeness (QED) is 0.724. The number of sulfonamides is 1. The lowest BCUT2D eigenvalue weighted by molar-refractivity contribution is 0.0735. The molecular weight excluding hydrogens is 403 g/mol. The average molecular weight is 431 g/mol. The Bertz CT molecular complexity index is 1010. The molecule has 2 aromatic carbocycles. The second-order valence-electron chi connectivity index (χ2n) is 8.19. The Balaban J connectivity index is 1.53. The lowest BCUT2D eigenvalue weighted by Crippen LogP contribution is -2.41. The molecule has 2 aliphatic rings. The minimum absolute atomic E-state index is 0.00822. The third-order valence-electron chi connectivity index (χ3n) is 6.22. The number of hydrogen-bond donors (Lipinski definition) is 0. The van der Waals surface area contributed by atoms with Crippen LogP contribution in [-0.4, -0.2) is 42.7 Å². The molecule has 160 valence electrons. The van der Waals surface area contributed by atoms with Crippen LogP contribution in [0.2, 0.25) is 0 Å². The first-order valence-corrected chi connectivity index (χ1v) is 12.0. The highest BCUT2D eigenvalue weighted by molar-refractivity contribution is 7.89. The number of carbonyl (C=O) groups excluding carboxylic acids is 1. The molecule has 0 spiro atoms. The number of benzene rings is 2. The zero-order valence-corrected chi connectivity index (χ0v) is 17.9. The van der Waals surface area contributed by atoms with Crippen molar-refractivity contribution in [1.82, 2.24) is 9.21 Å². The van der Waals surface area contributed by atoms with E-state index in [1.807, 2.05) is 6.92 Å². The maximum Gasteiger partial charge on any atom is 0.254 e. The fourth-order valence-corrected chi connectivity index (χ4v) is 6.24. The van der Waals surface area contributed by atoms with Crippen LogP contribution in [0, 0.1) is 5.82 Å². The first-order chi connectivity index (χ1) is 14.4. The van der Waals surface area contributed by atoms with Gasteiger partial charge in [0.15, 0.2) is 0 Å². The number of halogens is 1. The van der Waals surface area contributed by atoms with Crippen molar-refractivity contribution in [3.05, 3.63) is 65.5 Å². The summed E-state index contributed by atoms with van der Waals surface area (Å²) in [5.74, 6) is -0.424. The number of rotatable bonds is 4. The predicted octanol–water partition coefficient (Wildman–Crippen LogP) is 4.37. The van der Waals surface area contributed by atoms with E-state index in [4.69, 9.17) is 0 Å². The lowest BCUT2D eigenvalue weighted by Gasteiger charge is -2.32. The van der Waals surface area contributed by atoms with Gasteiger partial charge in [-0.15, -0.1) is 0 Å². The third kappa shape index (κ3) is 4.01. The molecule has 0 bridgehead atoms. The standard InChI is InChI=1S/C23H27FN2O3S/c1-17-5-2-3-16-26(17)30(28,29)21-13-9-19(10-14-21)23(27)25-15-4-6-22(25)18-7-11-20(24)12-8-18/h7-14,17,22H,2-6,15-16H2,1H3. The van der Waals surface area contributed by atoms with Crippen molar-refractivity contribution in [2.24, 2.45) is 0 Å². The van der Waals surface area contributed by atoms with Crippen LogP contribution < -0.4 is 0 Å². The Morgan fingerprint density at radius 2 is 1.63 bits per heavy atom. The van der Waals surface area contributed by atoms with E-state index in [1.54, 1.807) is 33.5 Å². The molecule has 2 aliphatic heterocycles. The molecule has 5 nitrogen and oxygen atoms in total. The van der Waals surface area contributed by atoms with Crippen molar-refractivity contribution < 1.29 is 17.6 Å². The molecule has 0 saturated carbocycles. The van der Waals surface area contributed by atoms with E-state index >= 15 is 0 Å². The monoisotopic (exact) mass is 430 g/mol. The minimum Gasteiger partial charge on any atom is -0.332 e. The smallest absolute Gasteiger partial charge is 0.254 e. The highest BCUT2D eigenvalue weighted by atomic mass is 32.2. The first-order valence-electron chi connectivity index (χ1n) is 10.6. The normalized spacial score (nSPS) is 22.9. The molecule has 1 amide bonds. The fraction of sp³-hybridized carbons (Fsp3) is 0.435. The van der Waals surface area contributed by atoms with Crippen molar-refractivity contribution in [3.63, 3.8) is 0 Å². The van der Waals surface area contributed by atoms with Crippen LogP contribution in [0.25, 0.3) is 0 Å². The molecule has 2 heterocycles. The summed E-state index contributed by atoms with van der Waals surface area (Å²) in [5, 5.41) is 0. The number of piperidine rings is 1. The van der Waals surface area contributed by atoms with Crippen LogP contribution in [0.15, 0.2) is 53.4 Å². The molecule has 0 aliphatic carbocycles. The van der Waals surface area contributed by atoms with Gasteiger partial charge in [-0.25, -0.2) is 12.8 Å². The van der Waals surface area contributed by atoms with Gasteiger partial charge in [0.1, 0.15) is 5.82 Å². The van der Waals surface area contributed by atoms with Crippen molar-refractivity contribution in [2.75, 3.05) is 13.1 Å². The van der Waals surface area contributed by atoms with E-state index in [0.717, 1.165) is 37.7 Å². The molecule has 2 unspecified atom stereocenters. The number of amides is 1. The highest BCUT2D eigenvalue weighted by Crippen LogP contribution is 2.33. The minimum atomic E-state index is -3.56. The average Bonchev–Trinajstić information content (AvgIpc) is 3.24. The van der Waals surface area contributed by atoms with Gasteiger partial charge in [0.25, 0.3) is 5.91 Å². The highest BCUT2D eigenvalue weighted by Gasteiger charge is 2.33. The molecule has 2 saturated heterocycles. The molecule has 2 atom stereocenters. The summed E-state index contributed by atoms with van der Waals surface area (Å²) in [6.07, 6.45) is 4.50. The SMILES string of the molecule is CC1CCCCN1S(=O)(=O)c1ccc(C(=O)N2CCCC2c2ccc(F)cc2)cc1. The lowest BCUT2D eigenvalue weighted by atomic mass is 10.0. The summed E-state index contributed by atoms with van der Waals surface area (Å²) in [7, 11) is -3.56. The number of likely N-dealkylation sites (tertiary alicyclic amines) is 1. The topological polar surface area (TPSA) is 57.7 Å². The van der Waals surface area contributed by atoms with Gasteiger partial charge in [-0.3, -0.25) is 4.79 Å². The number of hydrogen-bond acceptors (Lipinski definition) is 3. The molecule has 30 heavy (non-hydrogen) atoms. The van der Waals surface area contributed by atoms with E-state index < -0.39 is 10.0 Å². The molecule has 4 rings (SSSR count). The Morgan fingerprint density at radius 3 is 2.30 bits per heavy atom. The Hall–Kier alpha value is -2.25. The van der Waals surface area contributed by atoms with Crippen LogP contribution in [0.4, 0.5) is 4.39 Å². The summed E-state index contributed by atoms with van der Waals surface area (Å²) in [5.41, 5.74) is 1.38. The van der Waals surface area contributed by atoms with E-state index in [9.17, 15) is 17.6 Å². The van der Waals surface area contributed by atoms with Gasteiger partial charge >= 0.3 is 0 Å². The van der Waals surface area contributed by atoms with Gasteiger partial charge < -0.3 is 4.90 Å². The van der Waals surface area contributed by atoms with Crippen LogP contribution in [0.5, 0.6) is 0 Å². The van der Waals surface area contributed by atoms with Gasteiger partial charge in [-0.05, 0) is 74.6 Å². The zero-order valence-electron chi connectivity index (χ0n) is 17.1. The summed E-state index contributed by atoms with van der Waals surface area (Å²) >= 11 is 0. The van der Waals surface area contributed by atoms with E-state index in [0.29, 0.717) is 18.7 Å². The first kappa shape index (κ1) is 21.0. The number of carbonyl (C=O) groups is 1. The maximum absolute atomic E-state index is 13.3. The fourth-order valence-electron chi connectivity index (χ4n) is 4.54. The van der Waals surface area contributed by atoms with Crippen LogP contribution in [-0.2, 0) is 10.0 Å². The van der Waals surface area contributed by atoms with Crippen LogP contribution in [0.3, 0.4) is 0 Å². The van der Waals surface area contributed by atoms with Gasteiger partial charge in [-0.1, -0.05) is 18.6 Å². The summed E-state index contributed by atoms with van der Waals surface area (Å²) < 4.78 is 40.8. The molecule has 2 aromatic rings. The Morgan fingerprint density at radius 1 is 0.933 bits per heavy atom. The van der Waals surface area contributed by atoms with Crippen molar-refractivity contribution in [3.8, 4) is 0 Å². The van der Waals surface area contributed by atoms with Crippen LogP contribution >= 0.6 is 0 Å². The van der Waals surface area contributed by atoms with Crippen LogP contribution in [0.1, 0.15) is 61.0 Å².